The molecule has 0 heterocycles. The van der Waals surface area contributed by atoms with E-state index in [2.05, 4.69) is 10.6 Å². The van der Waals surface area contributed by atoms with Crippen LogP contribution < -0.4 is 15.8 Å². The summed E-state index contributed by atoms with van der Waals surface area (Å²) in [5, 5.41) is 17.9. The average Bonchev–Trinajstić information content (AvgIpc) is 2.29. The van der Waals surface area contributed by atoms with Crippen LogP contribution in [-0.4, -0.2) is 37.8 Å². The molecule has 0 bridgehead atoms. The van der Waals surface area contributed by atoms with Crippen molar-refractivity contribution in [2.24, 2.45) is 5.14 Å². The van der Waals surface area contributed by atoms with Crippen molar-refractivity contribution in [3.63, 3.8) is 0 Å². The van der Waals surface area contributed by atoms with Gasteiger partial charge in [-0.05, 0) is 18.2 Å². The number of primary sulfonamides is 1. The number of nitrogens with two attached hydrogens (primary N) is 1. The Morgan fingerprint density at radius 3 is 2.55 bits per heavy atom. The Morgan fingerprint density at radius 2 is 2.00 bits per heavy atom. The van der Waals surface area contributed by atoms with Crippen molar-refractivity contribution in [2.45, 2.75) is 0 Å². The van der Waals surface area contributed by atoms with Crippen molar-refractivity contribution in [2.75, 3.05) is 17.6 Å². The summed E-state index contributed by atoms with van der Waals surface area (Å²) in [4.78, 5) is 22.3. The fraction of sp³-hybridized carbons (Fsp3) is 0.200. The van der Waals surface area contributed by atoms with Crippen LogP contribution in [0, 0.1) is 5.82 Å². The molecule has 0 aliphatic rings. The number of halogens is 1. The van der Waals surface area contributed by atoms with Gasteiger partial charge in [-0.15, -0.1) is 0 Å². The number of amides is 2. The van der Waals surface area contributed by atoms with E-state index in [1.807, 2.05) is 0 Å². The zero-order valence-electron chi connectivity index (χ0n) is 10.1. The summed E-state index contributed by atoms with van der Waals surface area (Å²) in [6.07, 6.45) is 0. The van der Waals surface area contributed by atoms with Crippen LogP contribution in [0.2, 0.25) is 0 Å². The van der Waals surface area contributed by atoms with Crippen LogP contribution in [-0.2, 0) is 10.0 Å². The van der Waals surface area contributed by atoms with E-state index >= 15 is 0 Å². The summed E-state index contributed by atoms with van der Waals surface area (Å²) in [6, 6.07) is 1.98. The molecule has 110 valence electrons. The fourth-order valence-electron chi connectivity index (χ4n) is 1.28. The lowest BCUT2D eigenvalue weighted by atomic mass is 10.2. The maximum Gasteiger partial charge on any atom is 0.337 e. The van der Waals surface area contributed by atoms with Gasteiger partial charge in [-0.25, -0.2) is 27.5 Å². The van der Waals surface area contributed by atoms with Crippen LogP contribution in [0.3, 0.4) is 0 Å². The zero-order valence-corrected chi connectivity index (χ0v) is 10.9. The first-order valence-corrected chi connectivity index (χ1v) is 6.99. The molecule has 0 atom stereocenters. The molecule has 2 amide bonds. The molecule has 0 aliphatic heterocycles. The molecule has 0 spiro atoms. The lowest BCUT2D eigenvalue weighted by Crippen LogP contribution is -2.34. The molecular formula is C10H12FN3O5S. The van der Waals surface area contributed by atoms with Crippen molar-refractivity contribution < 1.29 is 27.5 Å². The third-order valence-corrected chi connectivity index (χ3v) is 2.91. The number of nitrogens with one attached hydrogen (secondary N) is 2. The Balaban J connectivity index is 2.69. The molecule has 10 heteroatoms. The highest BCUT2D eigenvalue weighted by atomic mass is 32.2. The standard InChI is InChI=1S/C10H12FN3O5S/c11-6-1-2-8(7(5-6)9(15)16)14-10(17)13-3-4-20(12,18)19/h1-2,5H,3-4H2,(H,15,16)(H2,12,18,19)(H2,13,14,17). The Kier molecular flexibility index (Phi) is 5.00. The molecule has 0 aliphatic carbocycles. The Morgan fingerprint density at radius 1 is 1.35 bits per heavy atom. The summed E-state index contributed by atoms with van der Waals surface area (Å²) in [7, 11) is -3.71. The minimum Gasteiger partial charge on any atom is -0.478 e. The van der Waals surface area contributed by atoms with Gasteiger partial charge >= 0.3 is 12.0 Å². The molecule has 5 N–H and O–H groups in total. The van der Waals surface area contributed by atoms with Gasteiger partial charge in [0.2, 0.25) is 10.0 Å². The molecular weight excluding hydrogens is 293 g/mol. The molecule has 1 rings (SSSR count). The highest BCUT2D eigenvalue weighted by Crippen LogP contribution is 2.16. The summed E-state index contributed by atoms with van der Waals surface area (Å²) < 4.78 is 34.2. The summed E-state index contributed by atoms with van der Waals surface area (Å²) >= 11 is 0. The summed E-state index contributed by atoms with van der Waals surface area (Å²) in [6.45, 7) is -0.242. The maximum absolute atomic E-state index is 12.9. The minimum atomic E-state index is -3.71. The zero-order chi connectivity index (χ0) is 15.3. The number of anilines is 1. The molecule has 0 fully saturated rings. The third kappa shape index (κ3) is 5.20. The molecule has 0 radical (unpaired) electrons. The Labute approximate surface area is 113 Å². The van der Waals surface area contributed by atoms with Crippen molar-refractivity contribution in [3.8, 4) is 0 Å². The van der Waals surface area contributed by atoms with Crippen molar-refractivity contribution in [1.29, 1.82) is 0 Å². The monoisotopic (exact) mass is 305 g/mol. The number of carbonyl (C=O) groups excluding carboxylic acids is 1. The smallest absolute Gasteiger partial charge is 0.337 e. The van der Waals surface area contributed by atoms with Gasteiger partial charge in [0.15, 0.2) is 0 Å². The van der Waals surface area contributed by atoms with Gasteiger partial charge in [0.1, 0.15) is 5.82 Å². The SMILES string of the molecule is NS(=O)(=O)CCNC(=O)Nc1ccc(F)cc1C(=O)O. The quantitative estimate of drug-likeness (QED) is 0.603. The van der Waals surface area contributed by atoms with Crippen molar-refractivity contribution in [3.05, 3.63) is 29.6 Å². The highest BCUT2D eigenvalue weighted by Gasteiger charge is 2.13. The van der Waals surface area contributed by atoms with Gasteiger partial charge in [-0.1, -0.05) is 0 Å². The van der Waals surface area contributed by atoms with Crippen LogP contribution in [0.4, 0.5) is 14.9 Å². The minimum absolute atomic E-state index is 0.119. The van der Waals surface area contributed by atoms with Gasteiger partial charge in [0, 0.05) is 6.54 Å². The molecule has 0 unspecified atom stereocenters. The second-order valence-electron chi connectivity index (χ2n) is 3.74. The number of hydrogen-bond acceptors (Lipinski definition) is 4. The summed E-state index contributed by atoms with van der Waals surface area (Å²) in [5.41, 5.74) is -0.543. The molecule has 8 nitrogen and oxygen atoms in total. The van der Waals surface area contributed by atoms with E-state index in [4.69, 9.17) is 10.2 Å². The normalized spacial score (nSPS) is 10.9. The number of urea groups is 1. The number of hydrogen-bond donors (Lipinski definition) is 4. The number of rotatable bonds is 5. The maximum atomic E-state index is 12.9. The lowest BCUT2D eigenvalue weighted by Gasteiger charge is -2.09. The number of carboxylic acids is 1. The number of aromatic carboxylic acids is 1. The van der Waals surface area contributed by atoms with Crippen molar-refractivity contribution >= 4 is 27.7 Å². The van der Waals surface area contributed by atoms with Crippen LogP contribution in [0.15, 0.2) is 18.2 Å². The second kappa shape index (κ2) is 6.30. The van der Waals surface area contributed by atoms with Crippen molar-refractivity contribution in [1.82, 2.24) is 5.32 Å². The fourth-order valence-corrected chi connectivity index (χ4v) is 1.66. The third-order valence-electron chi connectivity index (χ3n) is 2.13. The first-order chi connectivity index (χ1) is 9.19. The molecule has 1 aromatic rings. The molecule has 20 heavy (non-hydrogen) atoms. The highest BCUT2D eigenvalue weighted by molar-refractivity contribution is 7.89. The average molecular weight is 305 g/mol. The first kappa shape index (κ1) is 15.9. The van der Waals surface area contributed by atoms with Crippen LogP contribution >= 0.6 is 0 Å². The van der Waals surface area contributed by atoms with Crippen LogP contribution in [0.5, 0.6) is 0 Å². The Hall–Kier alpha value is -2.20. The topological polar surface area (TPSA) is 139 Å². The predicted octanol–water partition coefficient (Wildman–Crippen LogP) is -0.0661. The number of benzene rings is 1. The number of carbonyl (C=O) groups is 2. The molecule has 0 saturated heterocycles. The molecule has 0 aromatic heterocycles. The summed E-state index contributed by atoms with van der Waals surface area (Å²) in [5.74, 6) is -2.64. The second-order valence-corrected chi connectivity index (χ2v) is 5.48. The van der Waals surface area contributed by atoms with E-state index in [-0.39, 0.29) is 12.2 Å². The predicted molar refractivity (Wildman–Crippen MR) is 68.4 cm³/mol. The van der Waals surface area contributed by atoms with Gasteiger partial charge in [0.05, 0.1) is 17.0 Å². The van der Waals surface area contributed by atoms with Crippen LogP contribution in [0.1, 0.15) is 10.4 Å². The number of carboxylic acid groups (broad SMARTS) is 1. The van der Waals surface area contributed by atoms with E-state index < -0.39 is 39.2 Å². The van der Waals surface area contributed by atoms with Gasteiger partial charge in [-0.3, -0.25) is 0 Å². The first-order valence-electron chi connectivity index (χ1n) is 5.27. The van der Waals surface area contributed by atoms with Gasteiger partial charge in [0.25, 0.3) is 0 Å². The lowest BCUT2D eigenvalue weighted by molar-refractivity contribution is 0.0697. The Bertz CT molecular complexity index is 632. The van der Waals surface area contributed by atoms with E-state index in [9.17, 15) is 22.4 Å². The number of sulfonamides is 1. The van der Waals surface area contributed by atoms with Gasteiger partial charge < -0.3 is 15.7 Å². The van der Waals surface area contributed by atoms with E-state index in [0.29, 0.717) is 0 Å². The molecule has 0 saturated carbocycles. The molecule has 1 aromatic carbocycles. The van der Waals surface area contributed by atoms with E-state index in [1.54, 1.807) is 0 Å². The van der Waals surface area contributed by atoms with E-state index in [1.165, 1.54) is 0 Å². The van der Waals surface area contributed by atoms with Gasteiger partial charge in [-0.2, -0.15) is 0 Å². The largest absolute Gasteiger partial charge is 0.478 e. The van der Waals surface area contributed by atoms with Crippen LogP contribution in [0.25, 0.3) is 0 Å². The van der Waals surface area contributed by atoms with E-state index in [0.717, 1.165) is 18.2 Å².